The maximum absolute atomic E-state index is 12.7. The number of sulfonamides is 1. The van der Waals surface area contributed by atoms with E-state index in [4.69, 9.17) is 4.74 Å². The Morgan fingerprint density at radius 3 is 2.35 bits per heavy atom. The molecule has 0 saturated carbocycles. The normalized spacial score (nSPS) is 11.6. The van der Waals surface area contributed by atoms with Crippen molar-refractivity contribution in [3.8, 4) is 5.75 Å². The molecule has 0 saturated heterocycles. The number of ether oxygens (including phenoxy) is 1. The lowest BCUT2D eigenvalue weighted by Gasteiger charge is -2.11. The Bertz CT molecular complexity index is 1000. The molecule has 136 valence electrons. The Hall–Kier alpha value is -1.89. The maximum Gasteiger partial charge on any atom is 0.241 e. The lowest BCUT2D eigenvalue weighted by Crippen LogP contribution is -2.28. The molecular weight excluding hydrogens is 414 g/mol. The van der Waals surface area contributed by atoms with E-state index in [1.807, 2.05) is 42.5 Å². The molecular formula is C20H20BrNO3S. The van der Waals surface area contributed by atoms with Crippen molar-refractivity contribution in [1.29, 1.82) is 0 Å². The summed E-state index contributed by atoms with van der Waals surface area (Å²) in [7, 11) is -3.62. The van der Waals surface area contributed by atoms with Gasteiger partial charge in [-0.25, -0.2) is 13.1 Å². The van der Waals surface area contributed by atoms with Gasteiger partial charge in [0.25, 0.3) is 0 Å². The predicted molar refractivity (Wildman–Crippen MR) is 108 cm³/mol. The summed E-state index contributed by atoms with van der Waals surface area (Å²) in [6.45, 7) is 2.55. The van der Waals surface area contributed by atoms with Gasteiger partial charge >= 0.3 is 0 Å². The molecule has 4 nitrogen and oxygen atoms in total. The second-order valence-corrected chi connectivity index (χ2v) is 8.42. The quantitative estimate of drug-likeness (QED) is 0.557. The monoisotopic (exact) mass is 433 g/mol. The predicted octanol–water partition coefficient (Wildman–Crippen LogP) is 4.52. The van der Waals surface area contributed by atoms with Gasteiger partial charge in [0.05, 0.1) is 4.90 Å². The highest BCUT2D eigenvalue weighted by Gasteiger charge is 2.17. The molecule has 0 aliphatic rings. The third-order valence-corrected chi connectivity index (χ3v) is 6.33. The van der Waals surface area contributed by atoms with Crippen LogP contribution in [0.4, 0.5) is 0 Å². The summed E-state index contributed by atoms with van der Waals surface area (Å²) in [5.74, 6) is 0.732. The molecule has 0 heterocycles. The molecule has 3 rings (SSSR count). The molecule has 0 aliphatic heterocycles. The zero-order valence-electron chi connectivity index (χ0n) is 14.4. The Kier molecular flexibility index (Phi) is 5.96. The number of fused-ring (bicyclic) bond motifs is 1. The van der Waals surface area contributed by atoms with E-state index in [1.54, 1.807) is 18.2 Å². The first kappa shape index (κ1) is 18.9. The number of rotatable bonds is 7. The lowest BCUT2D eigenvalue weighted by molar-refractivity contribution is 0.323. The van der Waals surface area contributed by atoms with E-state index in [-0.39, 0.29) is 18.0 Å². The minimum Gasteiger partial charge on any atom is -0.492 e. The minimum atomic E-state index is -3.62. The lowest BCUT2D eigenvalue weighted by atomic mass is 10.1. The summed E-state index contributed by atoms with van der Waals surface area (Å²) in [6, 6.07) is 18.6. The van der Waals surface area contributed by atoms with Crippen LogP contribution in [0.25, 0.3) is 10.8 Å². The van der Waals surface area contributed by atoms with Gasteiger partial charge in [-0.1, -0.05) is 59.3 Å². The van der Waals surface area contributed by atoms with E-state index >= 15 is 0 Å². The highest BCUT2D eigenvalue weighted by atomic mass is 79.9. The Morgan fingerprint density at radius 2 is 1.65 bits per heavy atom. The van der Waals surface area contributed by atoms with E-state index in [0.29, 0.717) is 5.39 Å². The van der Waals surface area contributed by atoms with Crippen LogP contribution < -0.4 is 9.46 Å². The molecule has 0 amide bonds. The van der Waals surface area contributed by atoms with Crippen LogP contribution in [0.3, 0.4) is 0 Å². The summed E-state index contributed by atoms with van der Waals surface area (Å²) in [6.07, 6.45) is 0.973. The van der Waals surface area contributed by atoms with Crippen LogP contribution >= 0.6 is 15.9 Å². The van der Waals surface area contributed by atoms with Crippen LogP contribution in [0.2, 0.25) is 0 Å². The molecule has 3 aromatic carbocycles. The van der Waals surface area contributed by atoms with Crippen LogP contribution in [0.5, 0.6) is 5.75 Å². The number of nitrogens with one attached hydrogen (secondary N) is 1. The number of hydrogen-bond acceptors (Lipinski definition) is 3. The summed E-state index contributed by atoms with van der Waals surface area (Å²) >= 11 is 3.46. The molecule has 0 spiro atoms. The standard InChI is InChI=1S/C20H20BrNO3S/c1-2-15-7-9-16(10-8-15)25-14-13-22-26(23,24)20-12-11-19(21)17-5-3-4-6-18(17)20/h3-12,22H,2,13-14H2,1H3. The molecule has 3 aromatic rings. The number of halogens is 1. The topological polar surface area (TPSA) is 55.4 Å². The van der Waals surface area contributed by atoms with E-state index in [1.165, 1.54) is 5.56 Å². The molecule has 0 radical (unpaired) electrons. The summed E-state index contributed by atoms with van der Waals surface area (Å²) in [4.78, 5) is 0.267. The third kappa shape index (κ3) is 4.26. The second-order valence-electron chi connectivity index (χ2n) is 5.83. The van der Waals surface area contributed by atoms with Gasteiger partial charge in [-0.2, -0.15) is 0 Å². The second kappa shape index (κ2) is 8.20. The van der Waals surface area contributed by atoms with Crippen molar-refractivity contribution >= 4 is 36.7 Å². The molecule has 6 heteroatoms. The average molecular weight is 434 g/mol. The van der Waals surface area contributed by atoms with Crippen molar-refractivity contribution in [3.05, 3.63) is 70.7 Å². The van der Waals surface area contributed by atoms with Crippen molar-refractivity contribution in [3.63, 3.8) is 0 Å². The van der Waals surface area contributed by atoms with Crippen molar-refractivity contribution in [2.24, 2.45) is 0 Å². The fraction of sp³-hybridized carbons (Fsp3) is 0.200. The first-order valence-electron chi connectivity index (χ1n) is 8.40. The smallest absolute Gasteiger partial charge is 0.241 e. The van der Waals surface area contributed by atoms with Crippen molar-refractivity contribution in [2.45, 2.75) is 18.2 Å². The van der Waals surface area contributed by atoms with E-state index < -0.39 is 10.0 Å². The summed E-state index contributed by atoms with van der Waals surface area (Å²) in [5.41, 5.74) is 1.24. The van der Waals surface area contributed by atoms with Gasteiger partial charge in [-0.05, 0) is 41.6 Å². The largest absolute Gasteiger partial charge is 0.492 e. The van der Waals surface area contributed by atoms with Crippen molar-refractivity contribution in [1.82, 2.24) is 4.72 Å². The highest BCUT2D eigenvalue weighted by Crippen LogP contribution is 2.29. The van der Waals surface area contributed by atoms with Gasteiger partial charge in [-0.15, -0.1) is 0 Å². The number of aryl methyl sites for hydroxylation is 1. The van der Waals surface area contributed by atoms with Crippen LogP contribution in [-0.4, -0.2) is 21.6 Å². The van der Waals surface area contributed by atoms with E-state index in [2.05, 4.69) is 27.6 Å². The first-order chi connectivity index (χ1) is 12.5. The third-order valence-electron chi connectivity index (χ3n) is 4.11. The average Bonchev–Trinajstić information content (AvgIpc) is 2.66. The van der Waals surface area contributed by atoms with E-state index in [0.717, 1.165) is 22.0 Å². The van der Waals surface area contributed by atoms with Gasteiger partial charge in [0.2, 0.25) is 10.0 Å². The molecule has 0 bridgehead atoms. The van der Waals surface area contributed by atoms with E-state index in [9.17, 15) is 8.42 Å². The molecule has 0 aromatic heterocycles. The zero-order chi connectivity index (χ0) is 18.6. The summed E-state index contributed by atoms with van der Waals surface area (Å²) in [5, 5.41) is 1.55. The van der Waals surface area contributed by atoms with Crippen LogP contribution in [0.1, 0.15) is 12.5 Å². The molecule has 0 unspecified atom stereocenters. The van der Waals surface area contributed by atoms with Crippen molar-refractivity contribution in [2.75, 3.05) is 13.2 Å². The van der Waals surface area contributed by atoms with Gasteiger partial charge < -0.3 is 4.74 Å². The first-order valence-corrected chi connectivity index (χ1v) is 10.7. The van der Waals surface area contributed by atoms with Crippen LogP contribution in [0.15, 0.2) is 70.0 Å². The molecule has 0 atom stereocenters. The number of hydrogen-bond donors (Lipinski definition) is 1. The maximum atomic E-state index is 12.7. The molecule has 26 heavy (non-hydrogen) atoms. The molecule has 0 aliphatic carbocycles. The molecule has 1 N–H and O–H groups in total. The van der Waals surface area contributed by atoms with Gasteiger partial charge in [0, 0.05) is 16.4 Å². The fourth-order valence-electron chi connectivity index (χ4n) is 2.71. The van der Waals surface area contributed by atoms with Gasteiger partial charge in [-0.3, -0.25) is 0 Å². The highest BCUT2D eigenvalue weighted by molar-refractivity contribution is 9.10. The van der Waals surface area contributed by atoms with Gasteiger partial charge in [0.1, 0.15) is 12.4 Å². The Balaban J connectivity index is 1.67. The Labute approximate surface area is 162 Å². The van der Waals surface area contributed by atoms with Crippen LogP contribution in [-0.2, 0) is 16.4 Å². The number of benzene rings is 3. The van der Waals surface area contributed by atoms with Crippen LogP contribution in [0, 0.1) is 0 Å². The Morgan fingerprint density at radius 1 is 0.962 bits per heavy atom. The fourth-order valence-corrected chi connectivity index (χ4v) is 4.41. The molecule has 0 fully saturated rings. The van der Waals surface area contributed by atoms with Crippen molar-refractivity contribution < 1.29 is 13.2 Å². The van der Waals surface area contributed by atoms with Gasteiger partial charge in [0.15, 0.2) is 0 Å². The SMILES string of the molecule is CCc1ccc(OCCNS(=O)(=O)c2ccc(Br)c3ccccc23)cc1. The minimum absolute atomic E-state index is 0.197. The summed E-state index contributed by atoms with van der Waals surface area (Å²) < 4.78 is 34.4. The zero-order valence-corrected chi connectivity index (χ0v) is 16.8.